The van der Waals surface area contributed by atoms with Crippen LogP contribution in [0, 0.1) is 5.92 Å². The lowest BCUT2D eigenvalue weighted by molar-refractivity contribution is -0.162. The van der Waals surface area contributed by atoms with Crippen LogP contribution in [0.25, 0.3) is 0 Å². The van der Waals surface area contributed by atoms with Crippen molar-refractivity contribution in [3.63, 3.8) is 0 Å². The van der Waals surface area contributed by atoms with Gasteiger partial charge in [0.2, 0.25) is 0 Å². The van der Waals surface area contributed by atoms with Gasteiger partial charge in [0.1, 0.15) is 0 Å². The maximum atomic E-state index is 12.2. The first-order valence-electron chi connectivity index (χ1n) is 8.77. The molecule has 0 aromatic heterocycles. The molecule has 1 saturated carbocycles. The highest BCUT2D eigenvalue weighted by Gasteiger charge is 2.29. The van der Waals surface area contributed by atoms with E-state index in [1.807, 2.05) is 18.2 Å². The molecule has 5 nitrogen and oxygen atoms in total. The summed E-state index contributed by atoms with van der Waals surface area (Å²) < 4.78 is 10.9. The molecule has 0 radical (unpaired) electrons. The molecule has 1 fully saturated rings. The molecule has 2 rings (SSSR count). The number of rotatable bonds is 7. The topological polar surface area (TPSA) is 64.6 Å². The van der Waals surface area contributed by atoms with Crippen molar-refractivity contribution < 1.29 is 19.1 Å². The Kier molecular flexibility index (Phi) is 7.25. The van der Waals surface area contributed by atoms with Gasteiger partial charge in [-0.25, -0.2) is 4.79 Å². The van der Waals surface area contributed by atoms with Crippen molar-refractivity contribution in [2.75, 3.05) is 13.2 Å². The van der Waals surface area contributed by atoms with Gasteiger partial charge < -0.3 is 14.8 Å². The molecule has 1 amide bonds. The Morgan fingerprint density at radius 3 is 2.62 bits per heavy atom. The predicted molar refractivity (Wildman–Crippen MR) is 91.7 cm³/mol. The smallest absolute Gasteiger partial charge is 0.334 e. The molecular weight excluding hydrogens is 306 g/mol. The van der Waals surface area contributed by atoms with Crippen molar-refractivity contribution in [2.45, 2.75) is 51.7 Å². The van der Waals surface area contributed by atoms with Crippen LogP contribution in [0.15, 0.2) is 30.3 Å². The molecule has 132 valence electrons. The van der Waals surface area contributed by atoms with Gasteiger partial charge in [0.15, 0.2) is 6.10 Å². The molecule has 0 spiro atoms. The molecular formula is C19H27NO4. The van der Waals surface area contributed by atoms with E-state index in [2.05, 4.69) is 5.32 Å². The molecule has 1 N–H and O–H groups in total. The lowest BCUT2D eigenvalue weighted by Gasteiger charge is -2.33. The first kappa shape index (κ1) is 18.5. The van der Waals surface area contributed by atoms with E-state index in [0.717, 1.165) is 25.7 Å². The molecule has 0 aliphatic heterocycles. The number of esters is 1. The van der Waals surface area contributed by atoms with Gasteiger partial charge in [-0.05, 0) is 38.8 Å². The molecule has 24 heavy (non-hydrogen) atoms. The van der Waals surface area contributed by atoms with Crippen molar-refractivity contribution in [1.29, 1.82) is 0 Å². The Labute approximate surface area is 143 Å². The average Bonchev–Trinajstić information content (AvgIpc) is 2.61. The van der Waals surface area contributed by atoms with Crippen molar-refractivity contribution in [3.8, 4) is 0 Å². The second kappa shape index (κ2) is 9.42. The molecule has 1 aromatic rings. The highest BCUT2D eigenvalue weighted by atomic mass is 16.6. The zero-order chi connectivity index (χ0) is 17.4. The van der Waals surface area contributed by atoms with Crippen LogP contribution in [0.2, 0.25) is 0 Å². The van der Waals surface area contributed by atoms with Gasteiger partial charge in [-0.2, -0.15) is 0 Å². The van der Waals surface area contributed by atoms with Crippen LogP contribution in [0.1, 0.15) is 49.9 Å². The second-order valence-corrected chi connectivity index (χ2v) is 6.19. The highest BCUT2D eigenvalue weighted by Crippen LogP contribution is 2.27. The third-order valence-electron chi connectivity index (χ3n) is 4.40. The van der Waals surface area contributed by atoms with Crippen LogP contribution in [0.4, 0.5) is 0 Å². The van der Waals surface area contributed by atoms with Crippen LogP contribution >= 0.6 is 0 Å². The Bertz CT molecular complexity index is 531. The average molecular weight is 333 g/mol. The summed E-state index contributed by atoms with van der Waals surface area (Å²) >= 11 is 0. The van der Waals surface area contributed by atoms with E-state index in [9.17, 15) is 9.59 Å². The van der Waals surface area contributed by atoms with Gasteiger partial charge >= 0.3 is 5.97 Å². The molecule has 1 aliphatic rings. The van der Waals surface area contributed by atoms with Gasteiger partial charge in [-0.1, -0.05) is 31.0 Å². The number of hydrogen-bond donors (Lipinski definition) is 1. The van der Waals surface area contributed by atoms with Gasteiger partial charge in [0.25, 0.3) is 5.91 Å². The SMILES string of the molecule is CCOC(=O)C(C)O[C@H]1CCCC[C@@H]1CNC(=O)c1ccccc1. The summed E-state index contributed by atoms with van der Waals surface area (Å²) in [6.45, 7) is 4.43. The summed E-state index contributed by atoms with van der Waals surface area (Å²) in [5.74, 6) is -0.170. The van der Waals surface area contributed by atoms with Crippen molar-refractivity contribution >= 4 is 11.9 Å². The third kappa shape index (κ3) is 5.34. The summed E-state index contributed by atoms with van der Waals surface area (Å²) in [4.78, 5) is 23.9. The summed E-state index contributed by atoms with van der Waals surface area (Å²) in [6, 6.07) is 9.18. The van der Waals surface area contributed by atoms with Gasteiger partial charge in [-0.15, -0.1) is 0 Å². The van der Waals surface area contributed by atoms with Crippen LogP contribution < -0.4 is 5.32 Å². The fourth-order valence-electron chi connectivity index (χ4n) is 3.08. The second-order valence-electron chi connectivity index (χ2n) is 6.19. The number of carbonyl (C=O) groups is 2. The number of amides is 1. The van der Waals surface area contributed by atoms with E-state index in [4.69, 9.17) is 9.47 Å². The molecule has 0 heterocycles. The lowest BCUT2D eigenvalue weighted by atomic mass is 9.86. The van der Waals surface area contributed by atoms with E-state index in [1.54, 1.807) is 26.0 Å². The maximum Gasteiger partial charge on any atom is 0.334 e. The quantitative estimate of drug-likeness (QED) is 0.779. The van der Waals surface area contributed by atoms with E-state index in [1.165, 1.54) is 0 Å². The number of carbonyl (C=O) groups excluding carboxylic acids is 2. The first-order chi connectivity index (χ1) is 11.6. The Morgan fingerprint density at radius 1 is 1.21 bits per heavy atom. The van der Waals surface area contributed by atoms with Gasteiger partial charge in [0, 0.05) is 18.0 Å². The van der Waals surface area contributed by atoms with Crippen LogP contribution in [-0.4, -0.2) is 37.2 Å². The molecule has 5 heteroatoms. The summed E-state index contributed by atoms with van der Waals surface area (Å²) in [5.41, 5.74) is 0.658. The Morgan fingerprint density at radius 2 is 1.92 bits per heavy atom. The number of nitrogens with one attached hydrogen (secondary N) is 1. The van der Waals surface area contributed by atoms with Crippen LogP contribution in [0.5, 0.6) is 0 Å². The minimum Gasteiger partial charge on any atom is -0.464 e. The van der Waals surface area contributed by atoms with Gasteiger partial charge in [-0.3, -0.25) is 4.79 Å². The fraction of sp³-hybridized carbons (Fsp3) is 0.579. The molecule has 1 aliphatic carbocycles. The first-order valence-corrected chi connectivity index (χ1v) is 8.77. The molecule has 1 aromatic carbocycles. The van der Waals surface area contributed by atoms with E-state index >= 15 is 0 Å². The minimum absolute atomic E-state index is 0.0192. The fourth-order valence-corrected chi connectivity index (χ4v) is 3.08. The van der Waals surface area contributed by atoms with E-state index in [0.29, 0.717) is 18.7 Å². The van der Waals surface area contributed by atoms with Crippen molar-refractivity contribution in [2.24, 2.45) is 5.92 Å². The minimum atomic E-state index is -0.569. The van der Waals surface area contributed by atoms with E-state index in [-0.39, 0.29) is 23.9 Å². The number of benzene rings is 1. The summed E-state index contributed by atoms with van der Waals surface area (Å²) in [6.07, 6.45) is 3.53. The van der Waals surface area contributed by atoms with Crippen LogP contribution in [-0.2, 0) is 14.3 Å². The third-order valence-corrected chi connectivity index (χ3v) is 4.40. The molecule has 0 saturated heterocycles. The molecule has 3 atom stereocenters. The highest BCUT2D eigenvalue weighted by molar-refractivity contribution is 5.94. The van der Waals surface area contributed by atoms with Crippen LogP contribution in [0.3, 0.4) is 0 Å². The largest absolute Gasteiger partial charge is 0.464 e. The number of ether oxygens (including phenoxy) is 2. The Hall–Kier alpha value is -1.88. The molecule has 1 unspecified atom stereocenters. The van der Waals surface area contributed by atoms with Crippen molar-refractivity contribution in [1.82, 2.24) is 5.32 Å². The number of hydrogen-bond acceptors (Lipinski definition) is 4. The van der Waals surface area contributed by atoms with Crippen molar-refractivity contribution in [3.05, 3.63) is 35.9 Å². The maximum absolute atomic E-state index is 12.2. The molecule has 0 bridgehead atoms. The standard InChI is InChI=1S/C19H27NO4/c1-3-23-19(22)14(2)24-17-12-8-7-11-16(17)13-20-18(21)15-9-5-4-6-10-15/h4-6,9-10,14,16-17H,3,7-8,11-13H2,1-2H3,(H,20,21)/t14?,16-,17+/m1/s1. The van der Waals surface area contributed by atoms with Gasteiger partial charge in [0.05, 0.1) is 12.7 Å². The van der Waals surface area contributed by atoms with E-state index < -0.39 is 6.10 Å². The predicted octanol–water partition coefficient (Wildman–Crippen LogP) is 2.94. The summed E-state index contributed by atoms with van der Waals surface area (Å²) in [5, 5.41) is 2.99. The summed E-state index contributed by atoms with van der Waals surface area (Å²) in [7, 11) is 0. The Balaban J connectivity index is 1.87. The lowest BCUT2D eigenvalue weighted by Crippen LogP contribution is -2.40. The normalized spacial score (nSPS) is 21.8. The zero-order valence-electron chi connectivity index (χ0n) is 14.5. The monoisotopic (exact) mass is 333 g/mol. The zero-order valence-corrected chi connectivity index (χ0v) is 14.5.